The summed E-state index contributed by atoms with van der Waals surface area (Å²) in [5.74, 6) is 0.139. The summed E-state index contributed by atoms with van der Waals surface area (Å²) in [6.07, 6.45) is 6.22. The fourth-order valence-corrected chi connectivity index (χ4v) is 6.18. The number of nitrogens with zero attached hydrogens (tertiary/aromatic N) is 1. The molecule has 2 aliphatic carbocycles. The summed E-state index contributed by atoms with van der Waals surface area (Å²) in [6.45, 7) is 6.63. The highest BCUT2D eigenvalue weighted by Gasteiger charge is 2.53. The Labute approximate surface area is 195 Å². The highest BCUT2D eigenvalue weighted by molar-refractivity contribution is 5.92. The molecule has 0 spiro atoms. The fraction of sp³-hybridized carbons (Fsp3) is 0.577. The van der Waals surface area contributed by atoms with E-state index in [0.29, 0.717) is 18.0 Å². The minimum atomic E-state index is -0.599. The van der Waals surface area contributed by atoms with Crippen LogP contribution in [-0.2, 0) is 11.3 Å². The minimum Gasteiger partial charge on any atom is -0.467 e. The van der Waals surface area contributed by atoms with Crippen LogP contribution in [0.15, 0.2) is 47.2 Å². The lowest BCUT2D eigenvalue weighted by molar-refractivity contribution is -0.142. The molecule has 2 aromatic heterocycles. The first kappa shape index (κ1) is 23.5. The number of aliphatic hydroxyl groups is 1. The summed E-state index contributed by atoms with van der Waals surface area (Å²) in [5.41, 5.74) is 0.410. The maximum atomic E-state index is 12.8. The second-order valence-corrected chi connectivity index (χ2v) is 10.2. The van der Waals surface area contributed by atoms with Gasteiger partial charge in [-0.05, 0) is 73.1 Å². The molecule has 4 rings (SSSR count). The van der Waals surface area contributed by atoms with Crippen LogP contribution in [0.2, 0.25) is 0 Å². The molecular weight excluding hydrogens is 418 g/mol. The average Bonchev–Trinajstić information content (AvgIpc) is 3.33. The molecular formula is C26H35N3O4. The van der Waals surface area contributed by atoms with Crippen molar-refractivity contribution in [2.24, 2.45) is 29.1 Å². The smallest absolute Gasteiger partial charge is 0.270 e. The van der Waals surface area contributed by atoms with E-state index in [4.69, 9.17) is 4.42 Å². The van der Waals surface area contributed by atoms with E-state index >= 15 is 0 Å². The molecule has 7 heteroatoms. The van der Waals surface area contributed by atoms with Gasteiger partial charge >= 0.3 is 0 Å². The van der Waals surface area contributed by atoms with Crippen molar-refractivity contribution in [3.05, 3.63) is 54.2 Å². The van der Waals surface area contributed by atoms with Crippen LogP contribution in [0.1, 0.15) is 62.7 Å². The van der Waals surface area contributed by atoms with Crippen molar-refractivity contribution in [3.63, 3.8) is 0 Å². The Balaban J connectivity index is 1.43. The molecule has 33 heavy (non-hydrogen) atoms. The van der Waals surface area contributed by atoms with Gasteiger partial charge in [0, 0.05) is 18.2 Å². The quantitative estimate of drug-likeness (QED) is 0.621. The third kappa shape index (κ3) is 4.83. The monoisotopic (exact) mass is 453 g/mol. The Morgan fingerprint density at radius 1 is 1.24 bits per heavy atom. The molecule has 0 radical (unpaired) electrons. The average molecular weight is 454 g/mol. The maximum absolute atomic E-state index is 12.8. The van der Waals surface area contributed by atoms with Crippen molar-refractivity contribution in [3.8, 4) is 0 Å². The van der Waals surface area contributed by atoms with Gasteiger partial charge in [-0.1, -0.05) is 26.8 Å². The van der Waals surface area contributed by atoms with Gasteiger partial charge in [0.1, 0.15) is 11.5 Å². The summed E-state index contributed by atoms with van der Waals surface area (Å²) in [5, 5.41) is 17.6. The molecule has 0 saturated heterocycles. The van der Waals surface area contributed by atoms with Gasteiger partial charge in [0.15, 0.2) is 0 Å². The predicted octanol–water partition coefficient (Wildman–Crippen LogP) is 3.55. The number of amides is 2. The van der Waals surface area contributed by atoms with Crippen molar-refractivity contribution in [1.82, 2.24) is 15.6 Å². The number of carbonyl (C=O) groups excluding carboxylic acids is 2. The Morgan fingerprint density at radius 2 is 2.03 bits per heavy atom. The molecule has 2 heterocycles. The van der Waals surface area contributed by atoms with Crippen LogP contribution >= 0.6 is 0 Å². The fourth-order valence-electron chi connectivity index (χ4n) is 6.18. The number of aliphatic hydroxyl groups excluding tert-OH is 1. The zero-order valence-corrected chi connectivity index (χ0v) is 19.7. The second kappa shape index (κ2) is 9.67. The molecule has 2 amide bonds. The summed E-state index contributed by atoms with van der Waals surface area (Å²) >= 11 is 0. The van der Waals surface area contributed by atoms with E-state index in [0.717, 1.165) is 25.7 Å². The van der Waals surface area contributed by atoms with Gasteiger partial charge < -0.3 is 20.2 Å². The predicted molar refractivity (Wildman–Crippen MR) is 124 cm³/mol. The zero-order chi connectivity index (χ0) is 23.6. The lowest BCUT2D eigenvalue weighted by atomic mass is 9.51. The first-order valence-electron chi connectivity index (χ1n) is 12.0. The highest BCUT2D eigenvalue weighted by Crippen LogP contribution is 2.55. The van der Waals surface area contributed by atoms with Gasteiger partial charge in [-0.15, -0.1) is 0 Å². The van der Waals surface area contributed by atoms with Gasteiger partial charge in [-0.2, -0.15) is 0 Å². The largest absolute Gasteiger partial charge is 0.467 e. The van der Waals surface area contributed by atoms with Crippen molar-refractivity contribution >= 4 is 11.8 Å². The van der Waals surface area contributed by atoms with Crippen LogP contribution in [0.4, 0.5) is 0 Å². The molecule has 7 nitrogen and oxygen atoms in total. The van der Waals surface area contributed by atoms with Gasteiger partial charge in [0.25, 0.3) is 5.91 Å². The molecule has 2 aliphatic rings. The third-order valence-electron chi connectivity index (χ3n) is 8.17. The van der Waals surface area contributed by atoms with Gasteiger partial charge in [0.05, 0.1) is 18.9 Å². The number of pyridine rings is 1. The van der Waals surface area contributed by atoms with E-state index < -0.39 is 6.10 Å². The molecule has 178 valence electrons. The third-order valence-corrected chi connectivity index (χ3v) is 8.17. The normalized spacial score (nSPS) is 32.4. The highest BCUT2D eigenvalue weighted by atomic mass is 16.3. The Hall–Kier alpha value is -2.67. The van der Waals surface area contributed by atoms with Gasteiger partial charge in [0.2, 0.25) is 5.91 Å². The number of furan rings is 1. The first-order valence-corrected chi connectivity index (χ1v) is 12.0. The van der Waals surface area contributed by atoms with Crippen LogP contribution in [0, 0.1) is 29.1 Å². The van der Waals surface area contributed by atoms with E-state index in [2.05, 4.69) is 29.5 Å². The molecule has 7 atom stereocenters. The molecule has 0 aliphatic heterocycles. The van der Waals surface area contributed by atoms with Crippen LogP contribution < -0.4 is 10.6 Å². The second-order valence-electron chi connectivity index (χ2n) is 10.2. The summed E-state index contributed by atoms with van der Waals surface area (Å²) in [6, 6.07) is 8.89. The van der Waals surface area contributed by atoms with E-state index in [1.807, 2.05) is 13.0 Å². The van der Waals surface area contributed by atoms with Gasteiger partial charge in [-0.25, -0.2) is 0 Å². The molecule has 0 bridgehead atoms. The molecule has 2 saturated carbocycles. The standard InChI is InChI=1S/C26H35N3O4/c1-16(24(31)28-15-18-7-6-14-33-18)19-9-11-26(3)12-10-20(17(2)22(26)23(19)30)29-25(32)21-8-4-5-13-27-21/h4-8,13-14,16-17,19-20,22-23,30H,9-12,15H2,1-3H3,(H,28,31)(H,29,32)/t16-,17+,19-,20-,22+,23-,26-/m0/s1. The van der Waals surface area contributed by atoms with Gasteiger partial charge in [-0.3, -0.25) is 14.6 Å². The van der Waals surface area contributed by atoms with Crippen LogP contribution in [0.5, 0.6) is 0 Å². The number of rotatable bonds is 6. The number of aromatic nitrogens is 1. The van der Waals surface area contributed by atoms with Crippen LogP contribution in [-0.4, -0.2) is 34.1 Å². The summed E-state index contributed by atoms with van der Waals surface area (Å²) in [4.78, 5) is 29.7. The number of hydrogen-bond acceptors (Lipinski definition) is 5. The maximum Gasteiger partial charge on any atom is 0.270 e. The molecule has 2 aromatic rings. The van der Waals surface area contributed by atoms with E-state index in [-0.39, 0.29) is 46.9 Å². The molecule has 0 unspecified atom stereocenters. The number of fused-ring (bicyclic) bond motifs is 1. The first-order chi connectivity index (χ1) is 15.8. The summed E-state index contributed by atoms with van der Waals surface area (Å²) < 4.78 is 5.30. The van der Waals surface area contributed by atoms with E-state index in [9.17, 15) is 14.7 Å². The molecule has 3 N–H and O–H groups in total. The Morgan fingerprint density at radius 3 is 2.73 bits per heavy atom. The molecule has 0 aromatic carbocycles. The lowest BCUT2D eigenvalue weighted by Gasteiger charge is -2.56. The SMILES string of the molecule is C[C@H]1[C@@H]2[C@@H](O)[C@H]([C@H](C)C(=O)NCc3ccco3)CC[C@@]2(C)CC[C@@H]1NC(=O)c1ccccn1. The van der Waals surface area contributed by atoms with Crippen LogP contribution in [0.3, 0.4) is 0 Å². The summed E-state index contributed by atoms with van der Waals surface area (Å²) in [7, 11) is 0. The number of nitrogens with one attached hydrogen (secondary N) is 2. The molecule has 2 fully saturated rings. The van der Waals surface area contributed by atoms with Crippen LogP contribution in [0.25, 0.3) is 0 Å². The van der Waals surface area contributed by atoms with Crippen molar-refractivity contribution in [2.45, 2.75) is 65.1 Å². The number of hydrogen-bond donors (Lipinski definition) is 3. The minimum absolute atomic E-state index is 0.00588. The van der Waals surface area contributed by atoms with Crippen molar-refractivity contribution < 1.29 is 19.1 Å². The zero-order valence-electron chi connectivity index (χ0n) is 19.7. The Bertz CT molecular complexity index is 948. The number of carbonyl (C=O) groups is 2. The Kier molecular flexibility index (Phi) is 6.88. The topological polar surface area (TPSA) is 104 Å². The van der Waals surface area contributed by atoms with E-state index in [1.165, 1.54) is 0 Å². The van der Waals surface area contributed by atoms with Crippen molar-refractivity contribution in [1.29, 1.82) is 0 Å². The lowest BCUT2D eigenvalue weighted by Crippen LogP contribution is -2.58. The van der Waals surface area contributed by atoms with E-state index in [1.54, 1.807) is 36.7 Å². The van der Waals surface area contributed by atoms with Crippen molar-refractivity contribution in [2.75, 3.05) is 0 Å².